The fourth-order valence-corrected chi connectivity index (χ4v) is 3.41. The normalized spacial score (nSPS) is 36.4. The zero-order valence-corrected chi connectivity index (χ0v) is 10.7. The van der Waals surface area contributed by atoms with Gasteiger partial charge in [-0.3, -0.25) is 0 Å². The lowest BCUT2D eigenvalue weighted by Crippen LogP contribution is -2.25. The second-order valence-corrected chi connectivity index (χ2v) is 6.44. The van der Waals surface area contributed by atoms with Gasteiger partial charge in [0.2, 0.25) is 0 Å². The summed E-state index contributed by atoms with van der Waals surface area (Å²) in [6, 6.07) is 0. The van der Waals surface area contributed by atoms with Crippen LogP contribution in [0.25, 0.3) is 0 Å². The molecule has 88 valence electrons. The number of hydrogen-bond acceptors (Lipinski definition) is 1. The van der Waals surface area contributed by atoms with E-state index in [1.54, 1.807) is 0 Å². The predicted molar refractivity (Wildman–Crippen MR) is 65.9 cm³/mol. The van der Waals surface area contributed by atoms with Crippen LogP contribution in [0.1, 0.15) is 52.9 Å². The van der Waals surface area contributed by atoms with Crippen molar-refractivity contribution < 1.29 is 0 Å². The van der Waals surface area contributed by atoms with E-state index in [-0.39, 0.29) is 0 Å². The predicted octanol–water partition coefficient (Wildman–Crippen LogP) is 3.45. The Labute approximate surface area is 95.0 Å². The molecule has 2 aliphatic rings. The Balaban J connectivity index is 1.69. The summed E-state index contributed by atoms with van der Waals surface area (Å²) >= 11 is 0. The third-order valence-corrected chi connectivity index (χ3v) is 4.69. The lowest BCUT2D eigenvalue weighted by molar-refractivity contribution is 0.307. The third kappa shape index (κ3) is 2.55. The summed E-state index contributed by atoms with van der Waals surface area (Å²) in [5.41, 5.74) is 0.723. The molecular formula is C14H27N. The number of nitrogens with one attached hydrogen (secondary N) is 1. The highest BCUT2D eigenvalue weighted by Gasteiger charge is 2.54. The van der Waals surface area contributed by atoms with E-state index < -0.39 is 0 Å². The fraction of sp³-hybridized carbons (Fsp3) is 1.00. The Morgan fingerprint density at radius 3 is 2.53 bits per heavy atom. The molecule has 2 atom stereocenters. The molecule has 2 rings (SSSR count). The highest BCUT2D eigenvalue weighted by Crippen LogP contribution is 2.61. The monoisotopic (exact) mass is 209 g/mol. The Morgan fingerprint density at radius 2 is 1.93 bits per heavy atom. The smallest absolute Gasteiger partial charge is 0.00149 e. The quantitative estimate of drug-likeness (QED) is 0.731. The molecule has 0 bridgehead atoms. The minimum atomic E-state index is 0.723. The molecule has 0 radical (unpaired) electrons. The molecule has 1 heteroatoms. The standard InChI is InChI=1S/C14H27N/c1-11(2)9-15-10-13-8-14(13,3)12-6-4-5-7-12/h11-13,15H,4-10H2,1-3H3. The molecule has 1 N–H and O–H groups in total. The summed E-state index contributed by atoms with van der Waals surface area (Å²) in [6.45, 7) is 9.57. The van der Waals surface area contributed by atoms with Crippen LogP contribution in [-0.4, -0.2) is 13.1 Å². The van der Waals surface area contributed by atoms with Crippen LogP contribution >= 0.6 is 0 Å². The van der Waals surface area contributed by atoms with Gasteiger partial charge in [-0.15, -0.1) is 0 Å². The molecule has 15 heavy (non-hydrogen) atoms. The van der Waals surface area contributed by atoms with E-state index in [1.165, 1.54) is 45.2 Å². The fourth-order valence-electron chi connectivity index (χ4n) is 3.41. The lowest BCUT2D eigenvalue weighted by Gasteiger charge is -2.19. The van der Waals surface area contributed by atoms with Crippen LogP contribution in [0.4, 0.5) is 0 Å². The van der Waals surface area contributed by atoms with E-state index >= 15 is 0 Å². The summed E-state index contributed by atoms with van der Waals surface area (Å²) in [6.07, 6.45) is 7.50. The van der Waals surface area contributed by atoms with Crippen molar-refractivity contribution in [2.75, 3.05) is 13.1 Å². The summed E-state index contributed by atoms with van der Waals surface area (Å²) in [4.78, 5) is 0. The van der Waals surface area contributed by atoms with Crippen LogP contribution < -0.4 is 5.32 Å². The van der Waals surface area contributed by atoms with Gasteiger partial charge in [0.15, 0.2) is 0 Å². The van der Waals surface area contributed by atoms with E-state index in [0.717, 1.165) is 23.2 Å². The molecule has 0 heterocycles. The van der Waals surface area contributed by atoms with E-state index in [0.29, 0.717) is 0 Å². The Kier molecular flexibility index (Phi) is 3.39. The van der Waals surface area contributed by atoms with Crippen LogP contribution in [0, 0.1) is 23.2 Å². The second kappa shape index (κ2) is 4.45. The van der Waals surface area contributed by atoms with Crippen molar-refractivity contribution in [3.8, 4) is 0 Å². The number of rotatable bonds is 5. The first kappa shape index (κ1) is 11.4. The van der Waals surface area contributed by atoms with Gasteiger partial charge in [0.1, 0.15) is 0 Å². The third-order valence-electron chi connectivity index (χ3n) is 4.69. The molecule has 0 aliphatic heterocycles. The SMILES string of the molecule is CC(C)CNCC1CC1(C)C1CCCC1. The van der Waals surface area contributed by atoms with Crippen LogP contribution in [-0.2, 0) is 0 Å². The first-order valence-electron chi connectivity index (χ1n) is 6.83. The molecule has 0 aromatic rings. The van der Waals surface area contributed by atoms with Gasteiger partial charge in [0, 0.05) is 0 Å². The largest absolute Gasteiger partial charge is 0.316 e. The van der Waals surface area contributed by atoms with Gasteiger partial charge < -0.3 is 5.32 Å². The molecule has 0 aromatic heterocycles. The zero-order valence-electron chi connectivity index (χ0n) is 10.7. The average molecular weight is 209 g/mol. The second-order valence-electron chi connectivity index (χ2n) is 6.44. The maximum atomic E-state index is 3.63. The molecule has 2 aliphatic carbocycles. The summed E-state index contributed by atoms with van der Waals surface area (Å²) in [5, 5.41) is 3.63. The maximum absolute atomic E-state index is 3.63. The molecule has 2 saturated carbocycles. The highest BCUT2D eigenvalue weighted by molar-refractivity contribution is 5.04. The van der Waals surface area contributed by atoms with Crippen molar-refractivity contribution >= 4 is 0 Å². The Bertz CT molecular complexity index is 205. The van der Waals surface area contributed by atoms with Crippen molar-refractivity contribution in [1.29, 1.82) is 0 Å². The average Bonchev–Trinajstić information content (AvgIpc) is 2.68. The molecule has 2 unspecified atom stereocenters. The molecule has 2 fully saturated rings. The topological polar surface area (TPSA) is 12.0 Å². The van der Waals surface area contributed by atoms with E-state index in [9.17, 15) is 0 Å². The molecule has 0 aromatic carbocycles. The van der Waals surface area contributed by atoms with Gasteiger partial charge in [-0.25, -0.2) is 0 Å². The zero-order chi connectivity index (χ0) is 10.9. The minimum Gasteiger partial charge on any atom is -0.316 e. The van der Waals surface area contributed by atoms with Gasteiger partial charge in [0.05, 0.1) is 0 Å². The van der Waals surface area contributed by atoms with Crippen molar-refractivity contribution in [2.45, 2.75) is 52.9 Å². The van der Waals surface area contributed by atoms with Crippen molar-refractivity contribution in [3.05, 3.63) is 0 Å². The number of hydrogen-bond donors (Lipinski definition) is 1. The van der Waals surface area contributed by atoms with Gasteiger partial charge >= 0.3 is 0 Å². The van der Waals surface area contributed by atoms with Gasteiger partial charge in [-0.05, 0) is 55.5 Å². The van der Waals surface area contributed by atoms with Crippen LogP contribution in [0.2, 0.25) is 0 Å². The first-order chi connectivity index (χ1) is 7.13. The van der Waals surface area contributed by atoms with Crippen molar-refractivity contribution in [2.24, 2.45) is 23.2 Å². The lowest BCUT2D eigenvalue weighted by atomic mass is 9.87. The Hall–Kier alpha value is -0.0400. The van der Waals surface area contributed by atoms with Crippen LogP contribution in [0.3, 0.4) is 0 Å². The minimum absolute atomic E-state index is 0.723. The van der Waals surface area contributed by atoms with Gasteiger partial charge in [0.25, 0.3) is 0 Å². The van der Waals surface area contributed by atoms with Crippen LogP contribution in [0.15, 0.2) is 0 Å². The highest BCUT2D eigenvalue weighted by atomic mass is 14.9. The van der Waals surface area contributed by atoms with E-state index in [4.69, 9.17) is 0 Å². The maximum Gasteiger partial charge on any atom is -0.00149 e. The summed E-state index contributed by atoms with van der Waals surface area (Å²) in [5.74, 6) is 2.84. The summed E-state index contributed by atoms with van der Waals surface area (Å²) < 4.78 is 0. The van der Waals surface area contributed by atoms with Gasteiger partial charge in [-0.1, -0.05) is 33.6 Å². The van der Waals surface area contributed by atoms with Crippen molar-refractivity contribution in [1.82, 2.24) is 5.32 Å². The van der Waals surface area contributed by atoms with E-state index in [1.807, 2.05) is 0 Å². The van der Waals surface area contributed by atoms with E-state index in [2.05, 4.69) is 26.1 Å². The van der Waals surface area contributed by atoms with Crippen molar-refractivity contribution in [3.63, 3.8) is 0 Å². The van der Waals surface area contributed by atoms with Gasteiger partial charge in [-0.2, -0.15) is 0 Å². The molecule has 0 amide bonds. The molecular weight excluding hydrogens is 182 g/mol. The summed E-state index contributed by atoms with van der Waals surface area (Å²) in [7, 11) is 0. The molecule has 1 nitrogen and oxygen atoms in total. The molecule has 0 saturated heterocycles. The van der Waals surface area contributed by atoms with Crippen LogP contribution in [0.5, 0.6) is 0 Å². The first-order valence-corrected chi connectivity index (χ1v) is 6.83. The molecule has 0 spiro atoms. The Morgan fingerprint density at radius 1 is 1.27 bits per heavy atom.